The Morgan fingerprint density at radius 1 is 1.30 bits per heavy atom. The summed E-state index contributed by atoms with van der Waals surface area (Å²) in [5.74, 6) is 1.18. The standard InChI is InChI=1S/C14H16FN3OS/c1-3-7-16-12-9-13(18-14(17-12)20-2)19-11-6-4-5-10(15)8-11/h4-6,8-9H,3,7H2,1-2H3,(H,16,17,18). The van der Waals surface area contributed by atoms with E-state index in [0.717, 1.165) is 13.0 Å². The Kier molecular flexibility index (Phi) is 5.17. The molecule has 2 rings (SSSR count). The van der Waals surface area contributed by atoms with Crippen LogP contribution in [0, 0.1) is 5.82 Å². The van der Waals surface area contributed by atoms with Gasteiger partial charge in [-0.2, -0.15) is 4.98 Å². The molecule has 0 radical (unpaired) electrons. The molecule has 2 aromatic rings. The lowest BCUT2D eigenvalue weighted by molar-refractivity contribution is 0.451. The number of nitrogens with one attached hydrogen (secondary N) is 1. The van der Waals surface area contributed by atoms with Gasteiger partial charge in [0.1, 0.15) is 17.4 Å². The molecule has 1 aromatic heterocycles. The fourth-order valence-corrected chi connectivity index (χ4v) is 1.91. The lowest BCUT2D eigenvalue weighted by Crippen LogP contribution is -2.04. The minimum absolute atomic E-state index is 0.342. The lowest BCUT2D eigenvalue weighted by atomic mass is 10.3. The normalized spacial score (nSPS) is 10.3. The van der Waals surface area contributed by atoms with Gasteiger partial charge in [0.15, 0.2) is 5.16 Å². The third-order valence-corrected chi connectivity index (χ3v) is 2.99. The molecule has 0 aliphatic heterocycles. The molecule has 0 fully saturated rings. The highest BCUT2D eigenvalue weighted by Gasteiger charge is 2.06. The van der Waals surface area contributed by atoms with Crippen molar-refractivity contribution in [3.8, 4) is 11.6 Å². The van der Waals surface area contributed by atoms with Gasteiger partial charge in [0, 0.05) is 18.7 Å². The van der Waals surface area contributed by atoms with Crippen LogP contribution in [-0.2, 0) is 0 Å². The largest absolute Gasteiger partial charge is 0.439 e. The molecule has 1 N–H and O–H groups in total. The third-order valence-electron chi connectivity index (χ3n) is 2.44. The molecule has 0 aliphatic carbocycles. The molecule has 0 atom stereocenters. The summed E-state index contributed by atoms with van der Waals surface area (Å²) >= 11 is 1.43. The zero-order chi connectivity index (χ0) is 14.4. The number of halogens is 1. The van der Waals surface area contributed by atoms with Crippen LogP contribution in [0.3, 0.4) is 0 Å². The molecule has 0 bridgehead atoms. The van der Waals surface area contributed by atoms with Crippen LogP contribution in [0.2, 0.25) is 0 Å². The first kappa shape index (κ1) is 14.6. The minimum atomic E-state index is -0.342. The first-order valence-corrected chi connectivity index (χ1v) is 7.54. The van der Waals surface area contributed by atoms with Crippen molar-refractivity contribution in [3.05, 3.63) is 36.1 Å². The summed E-state index contributed by atoms with van der Waals surface area (Å²) in [6.07, 6.45) is 2.89. The predicted molar refractivity (Wildman–Crippen MR) is 79.1 cm³/mol. The number of nitrogens with zero attached hydrogens (tertiary/aromatic N) is 2. The van der Waals surface area contributed by atoms with Gasteiger partial charge in [-0.15, -0.1) is 0 Å². The van der Waals surface area contributed by atoms with E-state index in [-0.39, 0.29) is 5.82 Å². The van der Waals surface area contributed by atoms with Crippen LogP contribution in [0.1, 0.15) is 13.3 Å². The molecule has 0 saturated carbocycles. The Morgan fingerprint density at radius 3 is 2.85 bits per heavy atom. The number of hydrogen-bond acceptors (Lipinski definition) is 5. The molecule has 1 heterocycles. The summed E-state index contributed by atoms with van der Waals surface area (Å²) in [7, 11) is 0. The number of thioether (sulfide) groups is 1. The van der Waals surface area contributed by atoms with E-state index in [2.05, 4.69) is 22.2 Å². The van der Waals surface area contributed by atoms with Gasteiger partial charge in [-0.25, -0.2) is 9.37 Å². The molecular weight excluding hydrogens is 277 g/mol. The van der Waals surface area contributed by atoms with Crippen molar-refractivity contribution in [2.45, 2.75) is 18.5 Å². The maximum atomic E-state index is 13.1. The van der Waals surface area contributed by atoms with E-state index < -0.39 is 0 Å². The van der Waals surface area contributed by atoms with Gasteiger partial charge < -0.3 is 10.1 Å². The van der Waals surface area contributed by atoms with Crippen LogP contribution in [0.25, 0.3) is 0 Å². The predicted octanol–water partition coefficient (Wildman–Crippen LogP) is 3.95. The van der Waals surface area contributed by atoms with E-state index in [4.69, 9.17) is 4.74 Å². The molecule has 0 amide bonds. The second-order valence-corrected chi connectivity index (χ2v) is 4.84. The average Bonchev–Trinajstić information content (AvgIpc) is 2.45. The maximum Gasteiger partial charge on any atom is 0.225 e. The van der Waals surface area contributed by atoms with Crippen molar-refractivity contribution in [3.63, 3.8) is 0 Å². The van der Waals surface area contributed by atoms with Gasteiger partial charge in [-0.3, -0.25) is 0 Å². The lowest BCUT2D eigenvalue weighted by Gasteiger charge is -2.09. The molecule has 0 aliphatic rings. The van der Waals surface area contributed by atoms with Gasteiger partial charge >= 0.3 is 0 Å². The van der Waals surface area contributed by atoms with Crippen molar-refractivity contribution in [1.82, 2.24) is 9.97 Å². The zero-order valence-corrected chi connectivity index (χ0v) is 12.2. The molecule has 1 aromatic carbocycles. The molecule has 4 nitrogen and oxygen atoms in total. The van der Waals surface area contributed by atoms with Crippen molar-refractivity contribution >= 4 is 17.6 Å². The molecule has 0 spiro atoms. The Hall–Kier alpha value is -1.82. The van der Waals surface area contributed by atoms with E-state index in [1.165, 1.54) is 23.9 Å². The van der Waals surface area contributed by atoms with Crippen molar-refractivity contribution in [2.75, 3.05) is 18.1 Å². The highest BCUT2D eigenvalue weighted by atomic mass is 32.2. The molecule has 106 valence electrons. The van der Waals surface area contributed by atoms with Gasteiger partial charge in [0.05, 0.1) is 0 Å². The zero-order valence-electron chi connectivity index (χ0n) is 11.4. The fourth-order valence-electron chi connectivity index (χ4n) is 1.54. The van der Waals surface area contributed by atoms with Crippen LogP contribution in [0.4, 0.5) is 10.2 Å². The number of hydrogen-bond donors (Lipinski definition) is 1. The quantitative estimate of drug-likeness (QED) is 0.645. The van der Waals surface area contributed by atoms with Gasteiger partial charge in [0.2, 0.25) is 5.88 Å². The average molecular weight is 293 g/mol. The summed E-state index contributed by atoms with van der Waals surface area (Å²) in [5, 5.41) is 3.80. The van der Waals surface area contributed by atoms with Crippen molar-refractivity contribution < 1.29 is 9.13 Å². The number of aromatic nitrogens is 2. The number of ether oxygens (including phenoxy) is 1. The van der Waals surface area contributed by atoms with Crippen LogP contribution < -0.4 is 10.1 Å². The van der Waals surface area contributed by atoms with Crippen LogP contribution in [0.5, 0.6) is 11.6 Å². The fraction of sp³-hybridized carbons (Fsp3) is 0.286. The van der Waals surface area contributed by atoms with Gasteiger partial charge in [-0.05, 0) is 24.8 Å². The minimum Gasteiger partial charge on any atom is -0.439 e. The van der Waals surface area contributed by atoms with Crippen LogP contribution in [0.15, 0.2) is 35.5 Å². The third kappa shape index (κ3) is 4.09. The van der Waals surface area contributed by atoms with E-state index in [0.29, 0.717) is 22.6 Å². The SMILES string of the molecule is CCCNc1cc(Oc2cccc(F)c2)nc(SC)n1. The highest BCUT2D eigenvalue weighted by Crippen LogP contribution is 2.24. The summed E-state index contributed by atoms with van der Waals surface area (Å²) in [4.78, 5) is 8.59. The number of rotatable bonds is 6. The highest BCUT2D eigenvalue weighted by molar-refractivity contribution is 7.98. The van der Waals surface area contributed by atoms with Crippen molar-refractivity contribution in [1.29, 1.82) is 0 Å². The summed E-state index contributed by atoms with van der Waals surface area (Å²) in [6.45, 7) is 2.90. The Labute approximate surface area is 121 Å². The van der Waals surface area contributed by atoms with E-state index in [1.54, 1.807) is 18.2 Å². The van der Waals surface area contributed by atoms with Crippen LogP contribution in [-0.4, -0.2) is 22.8 Å². The Morgan fingerprint density at radius 2 is 2.15 bits per heavy atom. The molecule has 6 heteroatoms. The first-order valence-electron chi connectivity index (χ1n) is 6.31. The van der Waals surface area contributed by atoms with Crippen molar-refractivity contribution in [2.24, 2.45) is 0 Å². The monoisotopic (exact) mass is 293 g/mol. The van der Waals surface area contributed by atoms with E-state index in [9.17, 15) is 4.39 Å². The summed E-state index contributed by atoms with van der Waals surface area (Å²) in [5.41, 5.74) is 0. The second-order valence-electron chi connectivity index (χ2n) is 4.06. The smallest absolute Gasteiger partial charge is 0.225 e. The molecule has 0 saturated heterocycles. The maximum absolute atomic E-state index is 13.1. The Balaban J connectivity index is 2.21. The molecule has 20 heavy (non-hydrogen) atoms. The Bertz CT molecular complexity index is 580. The molecular formula is C14H16FN3OS. The number of benzene rings is 1. The second kappa shape index (κ2) is 7.09. The molecule has 0 unspecified atom stereocenters. The van der Waals surface area contributed by atoms with Gasteiger partial charge in [-0.1, -0.05) is 24.8 Å². The van der Waals surface area contributed by atoms with E-state index in [1.807, 2.05) is 6.26 Å². The summed E-state index contributed by atoms with van der Waals surface area (Å²) in [6, 6.07) is 7.68. The van der Waals surface area contributed by atoms with Crippen LogP contribution >= 0.6 is 11.8 Å². The topological polar surface area (TPSA) is 47.0 Å². The summed E-state index contributed by atoms with van der Waals surface area (Å²) < 4.78 is 18.7. The number of anilines is 1. The first-order chi connectivity index (χ1) is 9.71. The van der Waals surface area contributed by atoms with E-state index >= 15 is 0 Å². The van der Waals surface area contributed by atoms with Gasteiger partial charge in [0.25, 0.3) is 0 Å².